The molecule has 0 heterocycles. The van der Waals surface area contributed by atoms with Gasteiger partial charge in [-0.15, -0.1) is 0 Å². The van der Waals surface area contributed by atoms with Crippen LogP contribution in [0.3, 0.4) is 0 Å². The Bertz CT molecular complexity index is 321. The molecule has 0 aliphatic rings. The van der Waals surface area contributed by atoms with Gasteiger partial charge in [-0.25, -0.2) is 4.57 Å². The highest BCUT2D eigenvalue weighted by Gasteiger charge is 2.24. The molecular formula is C8H18B2NO8P. The van der Waals surface area contributed by atoms with E-state index in [0.29, 0.717) is 6.54 Å². The van der Waals surface area contributed by atoms with Crippen molar-refractivity contribution < 1.29 is 37.6 Å². The Morgan fingerprint density at radius 2 is 2.05 bits per heavy atom. The minimum Gasteiger partial charge on any atom is -0.464 e. The molecule has 2 atom stereocenters. The summed E-state index contributed by atoms with van der Waals surface area (Å²) in [6.45, 7) is 1.98. The van der Waals surface area contributed by atoms with Gasteiger partial charge in [-0.05, 0) is 0 Å². The second-order valence-electron chi connectivity index (χ2n) is 3.63. The first-order valence-corrected chi connectivity index (χ1v) is 7.52. The number of phosphoric ester groups is 1. The molecule has 0 aromatic rings. The summed E-state index contributed by atoms with van der Waals surface area (Å²) in [5, 5.41) is 2.98. The van der Waals surface area contributed by atoms with Crippen molar-refractivity contribution in [1.82, 2.24) is 5.23 Å². The van der Waals surface area contributed by atoms with Crippen molar-refractivity contribution in [3.63, 3.8) is 0 Å². The van der Waals surface area contributed by atoms with Crippen LogP contribution in [-0.2, 0) is 32.7 Å². The second-order valence-corrected chi connectivity index (χ2v) is 5.08. The van der Waals surface area contributed by atoms with E-state index >= 15 is 0 Å². The third-order valence-corrected chi connectivity index (χ3v) is 2.97. The molecule has 20 heavy (non-hydrogen) atoms. The van der Waals surface area contributed by atoms with E-state index in [4.69, 9.17) is 0 Å². The number of rotatable bonds is 14. The number of phosphoric acid groups is 1. The molecule has 9 nitrogen and oxygen atoms in total. The van der Waals surface area contributed by atoms with Gasteiger partial charge in [0, 0.05) is 6.54 Å². The van der Waals surface area contributed by atoms with E-state index in [1.165, 1.54) is 0 Å². The lowest BCUT2D eigenvalue weighted by molar-refractivity contribution is -0.144. The smallest absolute Gasteiger partial charge is 0.464 e. The van der Waals surface area contributed by atoms with Crippen molar-refractivity contribution in [2.45, 2.75) is 12.9 Å². The molecule has 0 bridgehead atoms. The van der Waals surface area contributed by atoms with E-state index in [1.54, 1.807) is 0 Å². The Morgan fingerprint density at radius 1 is 1.30 bits per heavy atom. The van der Waals surface area contributed by atoms with Crippen LogP contribution in [0, 0.1) is 0 Å². The summed E-state index contributed by atoms with van der Waals surface area (Å²) in [6.07, 6.45) is -0.972. The first-order valence-electron chi connectivity index (χ1n) is 6.02. The highest BCUT2D eigenvalue weighted by atomic mass is 31.2. The Labute approximate surface area is 118 Å². The maximum atomic E-state index is 11.5. The van der Waals surface area contributed by atoms with Gasteiger partial charge < -0.3 is 19.6 Å². The van der Waals surface area contributed by atoms with E-state index in [2.05, 4.69) is 23.7 Å². The summed E-state index contributed by atoms with van der Waals surface area (Å²) in [7, 11) is -2.52. The van der Waals surface area contributed by atoms with Crippen LogP contribution in [0.2, 0.25) is 6.82 Å². The van der Waals surface area contributed by atoms with Crippen LogP contribution in [0.25, 0.3) is 0 Å². The summed E-state index contributed by atoms with van der Waals surface area (Å²) in [6, 6.07) is 0. The fraction of sp³-hybridized carbons (Fsp3) is 0.750. The first kappa shape index (κ1) is 19.1. The largest absolute Gasteiger partial charge is 0.472 e. The Kier molecular flexibility index (Phi) is 11.4. The van der Waals surface area contributed by atoms with Gasteiger partial charge in [-0.1, -0.05) is 6.82 Å². The van der Waals surface area contributed by atoms with Gasteiger partial charge in [0.2, 0.25) is 0 Å². The predicted octanol–water partition coefficient (Wildman–Crippen LogP) is -1.82. The first-order chi connectivity index (χ1) is 9.55. The summed E-state index contributed by atoms with van der Waals surface area (Å²) >= 11 is 0. The molecule has 0 fully saturated rings. The number of hydrogen-bond donors (Lipinski definition) is 2. The Balaban J connectivity index is 3.93. The van der Waals surface area contributed by atoms with Crippen LogP contribution in [0.15, 0.2) is 0 Å². The van der Waals surface area contributed by atoms with E-state index in [9.17, 15) is 19.0 Å². The summed E-state index contributed by atoms with van der Waals surface area (Å²) in [4.78, 5) is 29.5. The molecule has 0 radical (unpaired) electrons. The van der Waals surface area contributed by atoms with Gasteiger partial charge in [0.25, 0.3) is 12.9 Å². The second kappa shape index (κ2) is 11.9. The highest BCUT2D eigenvalue weighted by Crippen LogP contribution is 2.42. The molecule has 0 saturated carbocycles. The van der Waals surface area contributed by atoms with Crippen LogP contribution < -0.4 is 5.23 Å². The molecule has 0 spiro atoms. The molecule has 0 aliphatic heterocycles. The number of ether oxygens (including phenoxy) is 2. The third kappa shape index (κ3) is 11.0. The van der Waals surface area contributed by atoms with E-state index < -0.39 is 20.5 Å². The van der Waals surface area contributed by atoms with Gasteiger partial charge in [0.05, 0.1) is 13.2 Å². The highest BCUT2D eigenvalue weighted by molar-refractivity contribution is 7.47. The van der Waals surface area contributed by atoms with E-state index in [1.807, 2.05) is 6.82 Å². The van der Waals surface area contributed by atoms with Crippen LogP contribution in [0.1, 0.15) is 0 Å². The van der Waals surface area contributed by atoms with Gasteiger partial charge in [0.15, 0.2) is 13.4 Å². The zero-order chi connectivity index (χ0) is 15.3. The average molecular weight is 309 g/mol. The molecule has 12 heteroatoms. The van der Waals surface area contributed by atoms with Crippen molar-refractivity contribution in [1.29, 1.82) is 0 Å². The van der Waals surface area contributed by atoms with Crippen LogP contribution in [0.4, 0.5) is 0 Å². The van der Waals surface area contributed by atoms with Crippen molar-refractivity contribution >= 4 is 35.2 Å². The van der Waals surface area contributed by atoms with Crippen molar-refractivity contribution in [2.75, 3.05) is 26.4 Å². The third-order valence-electron chi connectivity index (χ3n) is 1.98. The van der Waals surface area contributed by atoms with Gasteiger partial charge in [-0.2, -0.15) is 0 Å². The van der Waals surface area contributed by atoms with Crippen molar-refractivity contribution in [2.24, 2.45) is 0 Å². The van der Waals surface area contributed by atoms with Crippen LogP contribution in [-0.4, -0.2) is 64.8 Å². The van der Waals surface area contributed by atoms with Gasteiger partial charge >= 0.3 is 7.82 Å². The molecule has 0 aliphatic carbocycles. The average Bonchev–Trinajstić information content (AvgIpc) is 2.41. The summed E-state index contributed by atoms with van der Waals surface area (Å²) in [5.41, 5.74) is 0. The molecule has 114 valence electrons. The summed E-state index contributed by atoms with van der Waals surface area (Å²) < 4.78 is 29.6. The molecule has 0 rings (SSSR count). The zero-order valence-corrected chi connectivity index (χ0v) is 12.1. The zero-order valence-electron chi connectivity index (χ0n) is 11.2. The Hall–Kier alpha value is -0.860. The van der Waals surface area contributed by atoms with Gasteiger partial charge in [-0.3, -0.25) is 18.6 Å². The molecule has 0 saturated heterocycles. The molecule has 2 N–H and O–H groups in total. The quantitative estimate of drug-likeness (QED) is 0.165. The van der Waals surface area contributed by atoms with E-state index in [0.717, 1.165) is 14.5 Å². The minimum absolute atomic E-state index is 0.00216. The number of nitrogens with one attached hydrogen (secondary N) is 1. The molecule has 0 amide bonds. The van der Waals surface area contributed by atoms with Crippen LogP contribution >= 0.6 is 7.82 Å². The lowest BCUT2D eigenvalue weighted by atomic mass is 9.49. The maximum Gasteiger partial charge on any atom is 0.472 e. The fourth-order valence-corrected chi connectivity index (χ4v) is 1.85. The SMILES string of the molecule is CBBNCCOP(=O)(O)OCC(COC=O)OC=O. The lowest BCUT2D eigenvalue weighted by Gasteiger charge is -2.17. The Morgan fingerprint density at radius 3 is 2.65 bits per heavy atom. The predicted molar refractivity (Wildman–Crippen MR) is 72.8 cm³/mol. The number of carbonyl (C=O) groups is 2. The van der Waals surface area contributed by atoms with Crippen LogP contribution in [0.5, 0.6) is 0 Å². The van der Waals surface area contributed by atoms with Crippen molar-refractivity contribution in [3.8, 4) is 0 Å². The van der Waals surface area contributed by atoms with Gasteiger partial charge in [0.1, 0.15) is 13.8 Å². The monoisotopic (exact) mass is 309 g/mol. The number of hydrogen-bond acceptors (Lipinski definition) is 8. The molecule has 0 aromatic carbocycles. The number of carbonyl (C=O) groups excluding carboxylic acids is 2. The fourth-order valence-electron chi connectivity index (χ4n) is 1.10. The maximum absolute atomic E-state index is 11.5. The normalized spacial score (nSPS) is 14.7. The molecule has 0 aromatic heterocycles. The molecular weight excluding hydrogens is 291 g/mol. The summed E-state index contributed by atoms with van der Waals surface area (Å²) in [5.74, 6) is 0. The minimum atomic E-state index is -4.23. The van der Waals surface area contributed by atoms with Crippen molar-refractivity contribution in [3.05, 3.63) is 0 Å². The van der Waals surface area contributed by atoms with E-state index in [-0.39, 0.29) is 26.2 Å². The lowest BCUT2D eigenvalue weighted by Crippen LogP contribution is -2.27. The topological polar surface area (TPSA) is 120 Å². The standard InChI is InChI=1S/C8H18B2NO8P/c1-9-10-11-2-3-18-20(14,15)19-5-8(17-7-13)4-16-6-12/h6-11H,2-5H2,1H3,(H,14,15). The molecule has 2 unspecified atom stereocenters.